The normalized spacial score (nSPS) is 20.8. The van der Waals surface area contributed by atoms with Gasteiger partial charge in [0.05, 0.1) is 30.2 Å². The zero-order valence-corrected chi connectivity index (χ0v) is 22.9. The van der Waals surface area contributed by atoms with Crippen molar-refractivity contribution in [2.24, 2.45) is 0 Å². The molecule has 0 aromatic heterocycles. The summed E-state index contributed by atoms with van der Waals surface area (Å²) in [4.78, 5) is 52.5. The first-order chi connectivity index (χ1) is 18.5. The van der Waals surface area contributed by atoms with Crippen LogP contribution in [0.1, 0.15) is 50.0 Å². The first-order valence-corrected chi connectivity index (χ1v) is 13.1. The number of hydrogen-bond donors (Lipinski definition) is 4. The molecular formula is C29H38N4O6. The van der Waals surface area contributed by atoms with E-state index in [1.54, 1.807) is 31.2 Å². The minimum Gasteiger partial charge on any atom is -0.491 e. The number of carbonyl (C=O) groups is 4. The summed E-state index contributed by atoms with van der Waals surface area (Å²) in [6.07, 6.45) is 0.210. The average Bonchev–Trinajstić information content (AvgIpc) is 2.89. The maximum Gasteiger partial charge on any atom is 0.255 e. The van der Waals surface area contributed by atoms with E-state index in [2.05, 4.69) is 21.3 Å². The average molecular weight is 539 g/mol. The SMILES string of the molecule is C[C@@H]1COc2ccccc2C(=O)N[C@H](C(=O)NCCc2ccccc2)CC(=O)N[C@@H](COC(C)(C)C)C(=O)N1. The highest BCUT2D eigenvalue weighted by Crippen LogP contribution is 2.19. The van der Waals surface area contributed by atoms with Gasteiger partial charge < -0.3 is 30.7 Å². The summed E-state index contributed by atoms with van der Waals surface area (Å²) in [5.41, 5.74) is 0.711. The lowest BCUT2D eigenvalue weighted by Crippen LogP contribution is -2.55. The molecule has 0 radical (unpaired) electrons. The Hall–Kier alpha value is -3.92. The summed E-state index contributed by atoms with van der Waals surface area (Å²) >= 11 is 0. The summed E-state index contributed by atoms with van der Waals surface area (Å²) < 4.78 is 11.6. The Kier molecular flexibility index (Phi) is 10.4. The van der Waals surface area contributed by atoms with E-state index in [9.17, 15) is 19.2 Å². The van der Waals surface area contributed by atoms with Crippen molar-refractivity contribution in [3.63, 3.8) is 0 Å². The van der Waals surface area contributed by atoms with E-state index < -0.39 is 47.4 Å². The van der Waals surface area contributed by atoms with Gasteiger partial charge in [0.15, 0.2) is 0 Å². The maximum atomic E-state index is 13.2. The van der Waals surface area contributed by atoms with Crippen molar-refractivity contribution in [2.45, 2.75) is 64.3 Å². The second-order valence-corrected chi connectivity index (χ2v) is 10.5. The zero-order valence-electron chi connectivity index (χ0n) is 22.9. The Morgan fingerprint density at radius 2 is 1.69 bits per heavy atom. The Bertz CT molecular complexity index is 1150. The van der Waals surface area contributed by atoms with Gasteiger partial charge in [-0.1, -0.05) is 42.5 Å². The van der Waals surface area contributed by atoms with E-state index in [4.69, 9.17) is 9.47 Å². The minimum absolute atomic E-state index is 0.0716. The van der Waals surface area contributed by atoms with Gasteiger partial charge in [-0.25, -0.2) is 0 Å². The number of fused-ring (bicyclic) bond motifs is 1. The van der Waals surface area contributed by atoms with Gasteiger partial charge in [0.25, 0.3) is 5.91 Å². The topological polar surface area (TPSA) is 135 Å². The van der Waals surface area contributed by atoms with Crippen LogP contribution in [0.5, 0.6) is 5.75 Å². The van der Waals surface area contributed by atoms with E-state index in [0.717, 1.165) is 5.56 Å². The second kappa shape index (κ2) is 13.7. The smallest absolute Gasteiger partial charge is 0.255 e. The molecule has 2 aromatic carbocycles. The van der Waals surface area contributed by atoms with Crippen LogP contribution in [-0.2, 0) is 25.5 Å². The van der Waals surface area contributed by atoms with E-state index in [0.29, 0.717) is 18.7 Å². The Balaban J connectivity index is 1.82. The molecule has 2 aromatic rings. The predicted octanol–water partition coefficient (Wildman–Crippen LogP) is 1.73. The Morgan fingerprint density at radius 1 is 1.00 bits per heavy atom. The fraction of sp³-hybridized carbons (Fsp3) is 0.448. The van der Waals surface area contributed by atoms with Crippen molar-refractivity contribution < 1.29 is 28.7 Å². The number of rotatable bonds is 6. The van der Waals surface area contributed by atoms with Crippen molar-refractivity contribution in [1.82, 2.24) is 21.3 Å². The molecule has 10 nitrogen and oxygen atoms in total. The monoisotopic (exact) mass is 538 g/mol. The lowest BCUT2D eigenvalue weighted by molar-refractivity contribution is -0.134. The molecule has 210 valence electrons. The van der Waals surface area contributed by atoms with Crippen molar-refractivity contribution in [3.8, 4) is 5.75 Å². The molecule has 39 heavy (non-hydrogen) atoms. The maximum absolute atomic E-state index is 13.2. The summed E-state index contributed by atoms with van der Waals surface area (Å²) in [5.74, 6) is -1.79. The number of carbonyl (C=O) groups excluding carboxylic acids is 4. The summed E-state index contributed by atoms with van der Waals surface area (Å²) in [6.45, 7) is 7.61. The molecule has 1 heterocycles. The number of para-hydroxylation sites is 1. The third-order valence-electron chi connectivity index (χ3n) is 5.91. The summed E-state index contributed by atoms with van der Waals surface area (Å²) in [5, 5.41) is 11.0. The largest absolute Gasteiger partial charge is 0.491 e. The van der Waals surface area contributed by atoms with Crippen molar-refractivity contribution in [2.75, 3.05) is 19.8 Å². The first kappa shape index (κ1) is 29.6. The molecule has 10 heteroatoms. The molecule has 3 atom stereocenters. The van der Waals surface area contributed by atoms with Crippen LogP contribution in [0.2, 0.25) is 0 Å². The van der Waals surface area contributed by atoms with Crippen LogP contribution in [-0.4, -0.2) is 67.1 Å². The van der Waals surface area contributed by atoms with Crippen molar-refractivity contribution >= 4 is 23.6 Å². The molecule has 4 N–H and O–H groups in total. The third-order valence-corrected chi connectivity index (χ3v) is 5.91. The Labute approximate surface area is 229 Å². The lowest BCUT2D eigenvalue weighted by atomic mass is 10.1. The molecule has 0 saturated heterocycles. The van der Waals surface area contributed by atoms with Crippen LogP contribution < -0.4 is 26.0 Å². The molecule has 0 spiro atoms. The molecule has 1 aliphatic heterocycles. The molecule has 0 saturated carbocycles. The minimum atomic E-state index is -1.18. The molecule has 0 aliphatic carbocycles. The molecule has 0 unspecified atom stereocenters. The number of amides is 4. The van der Waals surface area contributed by atoms with Crippen molar-refractivity contribution in [3.05, 3.63) is 65.7 Å². The van der Waals surface area contributed by atoms with E-state index in [1.165, 1.54) is 0 Å². The number of ether oxygens (including phenoxy) is 2. The molecule has 4 amide bonds. The Morgan fingerprint density at radius 3 is 2.41 bits per heavy atom. The summed E-state index contributed by atoms with van der Waals surface area (Å²) in [6, 6.07) is 13.6. The van der Waals surface area contributed by atoms with Crippen LogP contribution >= 0.6 is 0 Å². The lowest BCUT2D eigenvalue weighted by Gasteiger charge is -2.27. The molecule has 0 fully saturated rings. The van der Waals surface area contributed by atoms with Gasteiger partial charge in [0.2, 0.25) is 17.7 Å². The van der Waals surface area contributed by atoms with Crippen LogP contribution in [0.25, 0.3) is 0 Å². The molecular weight excluding hydrogens is 500 g/mol. The van der Waals surface area contributed by atoms with Crippen molar-refractivity contribution in [1.29, 1.82) is 0 Å². The number of nitrogens with one attached hydrogen (secondary N) is 4. The number of benzene rings is 2. The highest BCUT2D eigenvalue weighted by molar-refractivity contribution is 6.01. The van der Waals surface area contributed by atoms with E-state index in [1.807, 2.05) is 51.1 Å². The second-order valence-electron chi connectivity index (χ2n) is 10.5. The van der Waals surface area contributed by atoms with E-state index >= 15 is 0 Å². The van der Waals surface area contributed by atoms with Gasteiger partial charge in [-0.05, 0) is 51.8 Å². The van der Waals surface area contributed by atoms with Crippen LogP contribution in [0.4, 0.5) is 0 Å². The molecule has 3 rings (SSSR count). The fourth-order valence-corrected chi connectivity index (χ4v) is 3.88. The van der Waals surface area contributed by atoms with Gasteiger partial charge in [-0.2, -0.15) is 0 Å². The van der Waals surface area contributed by atoms with Crippen LogP contribution in [0, 0.1) is 0 Å². The van der Waals surface area contributed by atoms with Gasteiger partial charge >= 0.3 is 0 Å². The highest BCUT2D eigenvalue weighted by Gasteiger charge is 2.30. The molecule has 1 aliphatic rings. The van der Waals surface area contributed by atoms with Gasteiger partial charge in [0, 0.05) is 6.54 Å². The van der Waals surface area contributed by atoms with Gasteiger partial charge in [-0.3, -0.25) is 19.2 Å². The standard InChI is InChI=1S/C29H38N4O6/c1-19-17-38-24-13-9-8-12-21(24)26(35)33-22(27(36)30-15-14-20-10-6-5-7-11-20)16-25(34)32-23(28(37)31-19)18-39-29(2,3)4/h5-13,19,22-23H,14-18H2,1-4H3,(H,30,36)(H,31,37)(H,32,34)(H,33,35)/t19-,22+,23+/m1/s1. The first-order valence-electron chi connectivity index (χ1n) is 13.1. The van der Waals surface area contributed by atoms with Crippen LogP contribution in [0.15, 0.2) is 54.6 Å². The highest BCUT2D eigenvalue weighted by atomic mass is 16.5. The van der Waals surface area contributed by atoms with Gasteiger partial charge in [-0.15, -0.1) is 0 Å². The fourth-order valence-electron chi connectivity index (χ4n) is 3.88. The number of hydrogen-bond acceptors (Lipinski definition) is 6. The zero-order chi connectivity index (χ0) is 28.4. The third kappa shape index (κ3) is 9.72. The predicted molar refractivity (Wildman–Crippen MR) is 146 cm³/mol. The quantitative estimate of drug-likeness (QED) is 0.443. The van der Waals surface area contributed by atoms with Crippen LogP contribution in [0.3, 0.4) is 0 Å². The summed E-state index contributed by atoms with van der Waals surface area (Å²) in [7, 11) is 0. The van der Waals surface area contributed by atoms with Gasteiger partial charge in [0.1, 0.15) is 24.4 Å². The van der Waals surface area contributed by atoms with E-state index in [-0.39, 0.29) is 25.2 Å². The molecule has 0 bridgehead atoms.